The van der Waals surface area contributed by atoms with Gasteiger partial charge in [0.1, 0.15) is 35.2 Å². The second-order valence-electron chi connectivity index (χ2n) is 10.3. The van der Waals surface area contributed by atoms with E-state index in [4.69, 9.17) is 19.9 Å². The molecule has 5 rings (SSSR count). The largest absolute Gasteiger partial charge is 0.497 e. The Morgan fingerprint density at radius 2 is 1.80 bits per heavy atom. The normalized spacial score (nSPS) is 13.2. The van der Waals surface area contributed by atoms with Crippen LogP contribution in [0.2, 0.25) is 0 Å². The van der Waals surface area contributed by atoms with Crippen LogP contribution in [0.25, 0.3) is 16.6 Å². The lowest BCUT2D eigenvalue weighted by Crippen LogP contribution is -2.34. The van der Waals surface area contributed by atoms with Gasteiger partial charge in [0.25, 0.3) is 5.56 Å². The summed E-state index contributed by atoms with van der Waals surface area (Å²) in [6.07, 6.45) is 1.18. The molecule has 0 amide bonds. The van der Waals surface area contributed by atoms with Crippen LogP contribution in [0.1, 0.15) is 31.3 Å². The van der Waals surface area contributed by atoms with Crippen molar-refractivity contribution in [1.82, 2.24) is 19.3 Å². The van der Waals surface area contributed by atoms with Crippen molar-refractivity contribution in [1.29, 1.82) is 0 Å². The van der Waals surface area contributed by atoms with Crippen LogP contribution in [-0.2, 0) is 16.1 Å². The number of methoxy groups -OCH3 is 1. The van der Waals surface area contributed by atoms with Gasteiger partial charge in [0.2, 0.25) is 0 Å². The quantitative estimate of drug-likeness (QED) is 0.150. The molecule has 12 nitrogen and oxygen atoms in total. The number of carbonyl (C=O) groups is 1. The lowest BCUT2D eigenvalue weighted by Gasteiger charge is -2.20. The standard InChI is InChI=1S/C32H34N6O6/c1-19(43-32(41)20(2)33)18-37-21(3)29(31(40)38(37)22-8-6-5-7-9-22)30(39)36-28-13-11-24(17-35-28)44-27-14-15-34-26-16-23(42-4)10-12-25(26)27/h5-17,19-20,30,39H,18,33H2,1-4H3,(H,35,36). The van der Waals surface area contributed by atoms with E-state index in [9.17, 15) is 14.7 Å². The molecule has 3 aromatic heterocycles. The number of aliphatic hydroxyl groups excluding tert-OH is 1. The van der Waals surface area contributed by atoms with E-state index in [1.807, 2.05) is 36.4 Å². The van der Waals surface area contributed by atoms with Crippen LogP contribution in [0.3, 0.4) is 0 Å². The Morgan fingerprint density at radius 1 is 1.05 bits per heavy atom. The molecule has 0 saturated heterocycles. The molecule has 0 fully saturated rings. The van der Waals surface area contributed by atoms with Gasteiger partial charge in [-0.3, -0.25) is 19.3 Å². The van der Waals surface area contributed by atoms with Crippen molar-refractivity contribution < 1.29 is 24.1 Å². The number of para-hydroxylation sites is 1. The smallest absolute Gasteiger partial charge is 0.322 e. The summed E-state index contributed by atoms with van der Waals surface area (Å²) in [5.74, 6) is 1.54. The van der Waals surface area contributed by atoms with Crippen molar-refractivity contribution >= 4 is 22.7 Å². The molecule has 0 saturated carbocycles. The fourth-order valence-electron chi connectivity index (χ4n) is 4.80. The first-order valence-corrected chi connectivity index (χ1v) is 14.0. The van der Waals surface area contributed by atoms with Gasteiger partial charge in [0, 0.05) is 23.3 Å². The molecule has 12 heteroatoms. The summed E-state index contributed by atoms with van der Waals surface area (Å²) in [4.78, 5) is 34.5. The fraction of sp³-hybridized carbons (Fsp3) is 0.250. The van der Waals surface area contributed by atoms with Crippen molar-refractivity contribution in [2.75, 3.05) is 12.4 Å². The summed E-state index contributed by atoms with van der Waals surface area (Å²) in [5, 5.41) is 14.9. The zero-order valence-corrected chi connectivity index (χ0v) is 24.8. The zero-order chi connectivity index (χ0) is 31.4. The van der Waals surface area contributed by atoms with Crippen molar-refractivity contribution in [3.8, 4) is 22.9 Å². The maximum Gasteiger partial charge on any atom is 0.322 e. The van der Waals surface area contributed by atoms with Crippen LogP contribution in [0, 0.1) is 6.92 Å². The molecule has 4 N–H and O–H groups in total. The number of benzene rings is 2. The highest BCUT2D eigenvalue weighted by Crippen LogP contribution is 2.31. The number of aliphatic hydroxyl groups is 1. The average Bonchev–Trinajstić information content (AvgIpc) is 3.26. The van der Waals surface area contributed by atoms with E-state index in [0.29, 0.717) is 34.4 Å². The van der Waals surface area contributed by atoms with Gasteiger partial charge in [-0.05, 0) is 63.2 Å². The van der Waals surface area contributed by atoms with Crippen LogP contribution in [0.4, 0.5) is 5.82 Å². The van der Waals surface area contributed by atoms with E-state index in [-0.39, 0.29) is 12.1 Å². The minimum absolute atomic E-state index is 0.125. The molecule has 3 atom stereocenters. The van der Waals surface area contributed by atoms with Crippen LogP contribution in [0.15, 0.2) is 83.9 Å². The second-order valence-corrected chi connectivity index (χ2v) is 10.3. The Morgan fingerprint density at radius 3 is 2.48 bits per heavy atom. The molecule has 0 bridgehead atoms. The average molecular weight is 599 g/mol. The van der Waals surface area contributed by atoms with Crippen molar-refractivity contribution in [2.24, 2.45) is 5.73 Å². The molecule has 0 aliphatic carbocycles. The Balaban J connectivity index is 1.38. The van der Waals surface area contributed by atoms with Gasteiger partial charge >= 0.3 is 5.97 Å². The Bertz CT molecular complexity index is 1820. The first kappa shape index (κ1) is 30.3. The molecule has 0 aliphatic heterocycles. The minimum atomic E-state index is -1.39. The Labute approximate surface area is 253 Å². The van der Waals surface area contributed by atoms with Crippen molar-refractivity contribution in [2.45, 2.75) is 45.7 Å². The molecule has 0 aliphatic rings. The summed E-state index contributed by atoms with van der Waals surface area (Å²) in [5.41, 5.74) is 7.15. The number of anilines is 1. The number of aromatic nitrogens is 4. The maximum absolute atomic E-state index is 13.7. The second kappa shape index (κ2) is 13.0. The van der Waals surface area contributed by atoms with E-state index in [1.54, 1.807) is 69.1 Å². The third-order valence-electron chi connectivity index (χ3n) is 6.99. The summed E-state index contributed by atoms with van der Waals surface area (Å²) in [7, 11) is 1.60. The monoisotopic (exact) mass is 598 g/mol. The number of pyridine rings is 2. The summed E-state index contributed by atoms with van der Waals surface area (Å²) in [6.45, 7) is 5.14. The van der Waals surface area contributed by atoms with Crippen LogP contribution >= 0.6 is 0 Å². The highest BCUT2D eigenvalue weighted by Gasteiger charge is 2.26. The lowest BCUT2D eigenvalue weighted by atomic mass is 10.2. The summed E-state index contributed by atoms with van der Waals surface area (Å²) in [6, 6.07) is 18.9. The molecule has 3 heterocycles. The maximum atomic E-state index is 13.7. The molecular formula is C32H34N6O6. The summed E-state index contributed by atoms with van der Waals surface area (Å²) >= 11 is 0. The third-order valence-corrected chi connectivity index (χ3v) is 6.99. The number of rotatable bonds is 11. The topological polar surface area (TPSA) is 156 Å². The van der Waals surface area contributed by atoms with Gasteiger partial charge in [-0.2, -0.15) is 0 Å². The third kappa shape index (κ3) is 6.41. The Kier molecular flexibility index (Phi) is 8.93. The molecule has 3 unspecified atom stereocenters. The molecule has 44 heavy (non-hydrogen) atoms. The Hall–Kier alpha value is -5.20. The van der Waals surface area contributed by atoms with E-state index in [2.05, 4.69) is 15.3 Å². The molecule has 5 aromatic rings. The van der Waals surface area contributed by atoms with Gasteiger partial charge in [-0.25, -0.2) is 9.67 Å². The first-order valence-electron chi connectivity index (χ1n) is 14.0. The van der Waals surface area contributed by atoms with E-state index >= 15 is 0 Å². The predicted octanol–water partition coefficient (Wildman–Crippen LogP) is 4.07. The van der Waals surface area contributed by atoms with Gasteiger partial charge < -0.3 is 30.4 Å². The number of hydrogen-bond donors (Lipinski definition) is 3. The predicted molar refractivity (Wildman–Crippen MR) is 165 cm³/mol. The highest BCUT2D eigenvalue weighted by molar-refractivity contribution is 5.86. The van der Waals surface area contributed by atoms with E-state index in [1.165, 1.54) is 10.9 Å². The molecule has 0 spiro atoms. The van der Waals surface area contributed by atoms with Crippen LogP contribution in [0.5, 0.6) is 17.2 Å². The van der Waals surface area contributed by atoms with Crippen LogP contribution in [-0.4, -0.2) is 49.7 Å². The molecule has 0 radical (unpaired) electrons. The first-order chi connectivity index (χ1) is 21.2. The van der Waals surface area contributed by atoms with E-state index < -0.39 is 29.9 Å². The molecular weight excluding hydrogens is 564 g/mol. The van der Waals surface area contributed by atoms with Crippen LogP contribution < -0.4 is 26.1 Å². The van der Waals surface area contributed by atoms with Gasteiger partial charge in [-0.1, -0.05) is 18.2 Å². The van der Waals surface area contributed by atoms with Crippen molar-refractivity contribution in [3.63, 3.8) is 0 Å². The van der Waals surface area contributed by atoms with Gasteiger partial charge in [-0.15, -0.1) is 0 Å². The fourth-order valence-corrected chi connectivity index (χ4v) is 4.80. The van der Waals surface area contributed by atoms with Crippen molar-refractivity contribution in [3.05, 3.63) is 101 Å². The molecule has 2 aromatic carbocycles. The number of nitrogens with zero attached hydrogens (tertiary/aromatic N) is 4. The SMILES string of the molecule is COc1ccc2c(Oc3ccc(NC(O)c4c(C)n(CC(C)OC(=O)C(C)N)n(-c5ccccc5)c4=O)nc3)ccnc2c1. The minimum Gasteiger partial charge on any atom is -0.497 e. The van der Waals surface area contributed by atoms with E-state index in [0.717, 1.165) is 10.9 Å². The number of fused-ring (bicyclic) bond motifs is 1. The molecule has 228 valence electrons. The summed E-state index contributed by atoms with van der Waals surface area (Å²) < 4.78 is 19.9. The number of hydrogen-bond acceptors (Lipinski definition) is 10. The number of esters is 1. The number of nitrogens with one attached hydrogen (secondary N) is 1. The lowest BCUT2D eigenvalue weighted by molar-refractivity contribution is -0.150. The number of ether oxygens (including phenoxy) is 3. The zero-order valence-electron chi connectivity index (χ0n) is 24.8. The number of nitrogens with two attached hydrogens (primary N) is 1. The van der Waals surface area contributed by atoms with Gasteiger partial charge in [0.15, 0.2) is 6.23 Å². The van der Waals surface area contributed by atoms with Gasteiger partial charge in [0.05, 0.1) is 36.6 Å². The number of carbonyl (C=O) groups excluding carboxylic acids is 1. The highest BCUT2D eigenvalue weighted by atomic mass is 16.5.